The van der Waals surface area contributed by atoms with Crippen molar-refractivity contribution in [1.82, 2.24) is 0 Å². The SMILES string of the molecule is CC1CCC(Oc2cccc(Br)c2)CC1C. The Labute approximate surface area is 106 Å². The van der Waals surface area contributed by atoms with Gasteiger partial charge in [0, 0.05) is 4.47 Å². The van der Waals surface area contributed by atoms with E-state index in [-0.39, 0.29) is 0 Å². The zero-order chi connectivity index (χ0) is 11.5. The second kappa shape index (κ2) is 5.22. The van der Waals surface area contributed by atoms with Crippen molar-refractivity contribution in [3.05, 3.63) is 28.7 Å². The molecule has 0 N–H and O–H groups in total. The molecule has 3 atom stereocenters. The van der Waals surface area contributed by atoms with Gasteiger partial charge in [0.25, 0.3) is 0 Å². The maximum absolute atomic E-state index is 6.02. The zero-order valence-corrected chi connectivity index (χ0v) is 11.5. The van der Waals surface area contributed by atoms with Gasteiger partial charge >= 0.3 is 0 Å². The van der Waals surface area contributed by atoms with Gasteiger partial charge in [-0.05, 0) is 49.3 Å². The summed E-state index contributed by atoms with van der Waals surface area (Å²) in [5.41, 5.74) is 0. The molecule has 1 nitrogen and oxygen atoms in total. The summed E-state index contributed by atoms with van der Waals surface area (Å²) in [6.45, 7) is 4.68. The molecule has 0 bridgehead atoms. The van der Waals surface area contributed by atoms with Crippen LogP contribution in [0.15, 0.2) is 28.7 Å². The summed E-state index contributed by atoms with van der Waals surface area (Å²) in [7, 11) is 0. The molecular formula is C14H19BrO. The Morgan fingerprint density at radius 1 is 1.19 bits per heavy atom. The molecule has 2 rings (SSSR count). The molecule has 2 heteroatoms. The topological polar surface area (TPSA) is 9.23 Å². The van der Waals surface area contributed by atoms with Crippen molar-refractivity contribution in [2.24, 2.45) is 11.8 Å². The van der Waals surface area contributed by atoms with E-state index in [1.807, 2.05) is 24.3 Å². The molecule has 0 saturated heterocycles. The van der Waals surface area contributed by atoms with Gasteiger partial charge in [0.2, 0.25) is 0 Å². The monoisotopic (exact) mass is 282 g/mol. The third kappa shape index (κ3) is 3.00. The molecule has 0 radical (unpaired) electrons. The van der Waals surface area contributed by atoms with Crippen molar-refractivity contribution in [1.29, 1.82) is 0 Å². The molecule has 16 heavy (non-hydrogen) atoms. The summed E-state index contributed by atoms with van der Waals surface area (Å²) in [5, 5.41) is 0. The fraction of sp³-hybridized carbons (Fsp3) is 0.571. The maximum Gasteiger partial charge on any atom is 0.120 e. The van der Waals surface area contributed by atoms with Gasteiger partial charge in [-0.3, -0.25) is 0 Å². The molecular weight excluding hydrogens is 264 g/mol. The van der Waals surface area contributed by atoms with Crippen LogP contribution < -0.4 is 4.74 Å². The van der Waals surface area contributed by atoms with Gasteiger partial charge in [0.15, 0.2) is 0 Å². The van der Waals surface area contributed by atoms with Gasteiger partial charge in [-0.25, -0.2) is 0 Å². The minimum atomic E-state index is 0.403. The molecule has 1 aromatic carbocycles. The van der Waals surface area contributed by atoms with Crippen LogP contribution in [-0.4, -0.2) is 6.10 Å². The van der Waals surface area contributed by atoms with Gasteiger partial charge in [0.1, 0.15) is 5.75 Å². The number of halogens is 1. The van der Waals surface area contributed by atoms with Crippen molar-refractivity contribution in [3.63, 3.8) is 0 Å². The van der Waals surface area contributed by atoms with Gasteiger partial charge in [0.05, 0.1) is 6.10 Å². The summed E-state index contributed by atoms with van der Waals surface area (Å²) < 4.78 is 7.11. The lowest BCUT2D eigenvalue weighted by Crippen LogP contribution is -2.28. The molecule has 1 aliphatic rings. The Bertz CT molecular complexity index is 350. The quantitative estimate of drug-likeness (QED) is 0.767. The predicted octanol–water partition coefficient (Wildman–Crippen LogP) is 4.65. The largest absolute Gasteiger partial charge is 0.490 e. The fourth-order valence-electron chi connectivity index (χ4n) is 2.34. The van der Waals surface area contributed by atoms with Crippen LogP contribution in [0.5, 0.6) is 5.75 Å². The van der Waals surface area contributed by atoms with Crippen molar-refractivity contribution in [2.75, 3.05) is 0 Å². The standard InChI is InChI=1S/C14H19BrO/c1-10-6-7-14(8-11(10)2)16-13-5-3-4-12(15)9-13/h3-5,9-11,14H,6-8H2,1-2H3. The first kappa shape index (κ1) is 12.0. The molecule has 1 aliphatic carbocycles. The van der Waals surface area contributed by atoms with E-state index in [1.165, 1.54) is 19.3 Å². The van der Waals surface area contributed by atoms with Crippen LogP contribution in [0.2, 0.25) is 0 Å². The summed E-state index contributed by atoms with van der Waals surface area (Å²) in [6.07, 6.45) is 4.08. The van der Waals surface area contributed by atoms with Gasteiger partial charge in [-0.1, -0.05) is 35.8 Å². The van der Waals surface area contributed by atoms with E-state index in [0.29, 0.717) is 6.10 Å². The molecule has 0 spiro atoms. The molecule has 3 unspecified atom stereocenters. The van der Waals surface area contributed by atoms with Crippen molar-refractivity contribution < 1.29 is 4.74 Å². The maximum atomic E-state index is 6.02. The second-order valence-electron chi connectivity index (χ2n) is 4.96. The average molecular weight is 283 g/mol. The highest BCUT2D eigenvalue weighted by atomic mass is 79.9. The average Bonchev–Trinajstić information content (AvgIpc) is 2.24. The summed E-state index contributed by atoms with van der Waals surface area (Å²) in [5.74, 6) is 2.62. The van der Waals surface area contributed by atoms with Crippen LogP contribution in [0.4, 0.5) is 0 Å². The van der Waals surface area contributed by atoms with Crippen LogP contribution >= 0.6 is 15.9 Å². The lowest BCUT2D eigenvalue weighted by Gasteiger charge is -2.32. The summed E-state index contributed by atoms with van der Waals surface area (Å²) >= 11 is 3.47. The zero-order valence-electron chi connectivity index (χ0n) is 9.95. The minimum Gasteiger partial charge on any atom is -0.490 e. The van der Waals surface area contributed by atoms with Crippen molar-refractivity contribution >= 4 is 15.9 Å². The number of benzene rings is 1. The lowest BCUT2D eigenvalue weighted by molar-refractivity contribution is 0.101. The summed E-state index contributed by atoms with van der Waals surface area (Å²) in [4.78, 5) is 0. The van der Waals surface area contributed by atoms with E-state index >= 15 is 0 Å². The van der Waals surface area contributed by atoms with Gasteiger partial charge in [-0.2, -0.15) is 0 Å². The highest BCUT2D eigenvalue weighted by Crippen LogP contribution is 2.32. The van der Waals surface area contributed by atoms with Crippen LogP contribution in [-0.2, 0) is 0 Å². The number of hydrogen-bond acceptors (Lipinski definition) is 1. The Kier molecular flexibility index (Phi) is 3.91. The predicted molar refractivity (Wildman–Crippen MR) is 70.7 cm³/mol. The van der Waals surface area contributed by atoms with Crippen LogP contribution in [0.25, 0.3) is 0 Å². The second-order valence-corrected chi connectivity index (χ2v) is 5.88. The van der Waals surface area contributed by atoms with E-state index in [1.54, 1.807) is 0 Å². The molecule has 1 aromatic rings. The molecule has 0 aromatic heterocycles. The minimum absolute atomic E-state index is 0.403. The molecule has 1 saturated carbocycles. The van der Waals surface area contributed by atoms with Gasteiger partial charge in [-0.15, -0.1) is 0 Å². The number of hydrogen-bond donors (Lipinski definition) is 0. The third-order valence-corrected chi connectivity index (χ3v) is 4.14. The van der Waals surface area contributed by atoms with E-state index in [4.69, 9.17) is 4.74 Å². The third-order valence-electron chi connectivity index (χ3n) is 3.65. The normalized spacial score (nSPS) is 30.1. The van der Waals surface area contributed by atoms with Crippen LogP contribution in [0.1, 0.15) is 33.1 Å². The Morgan fingerprint density at radius 2 is 2.00 bits per heavy atom. The highest BCUT2D eigenvalue weighted by Gasteiger charge is 2.25. The van der Waals surface area contributed by atoms with E-state index in [2.05, 4.69) is 29.8 Å². The Hall–Kier alpha value is -0.500. The van der Waals surface area contributed by atoms with E-state index in [0.717, 1.165) is 22.1 Å². The lowest BCUT2D eigenvalue weighted by atomic mass is 9.80. The first-order chi connectivity index (χ1) is 7.65. The first-order valence-electron chi connectivity index (χ1n) is 6.07. The van der Waals surface area contributed by atoms with Crippen LogP contribution in [0, 0.1) is 11.8 Å². The molecule has 0 aliphatic heterocycles. The fourth-order valence-corrected chi connectivity index (χ4v) is 2.72. The molecule has 88 valence electrons. The van der Waals surface area contributed by atoms with Crippen LogP contribution in [0.3, 0.4) is 0 Å². The molecule has 0 heterocycles. The van der Waals surface area contributed by atoms with E-state index in [9.17, 15) is 0 Å². The van der Waals surface area contributed by atoms with E-state index < -0.39 is 0 Å². The summed E-state index contributed by atoms with van der Waals surface area (Å²) in [6, 6.07) is 8.13. The first-order valence-corrected chi connectivity index (χ1v) is 6.86. The smallest absolute Gasteiger partial charge is 0.120 e. The Morgan fingerprint density at radius 3 is 2.69 bits per heavy atom. The highest BCUT2D eigenvalue weighted by molar-refractivity contribution is 9.10. The Balaban J connectivity index is 1.95. The number of ether oxygens (including phenoxy) is 1. The van der Waals surface area contributed by atoms with Crippen molar-refractivity contribution in [2.45, 2.75) is 39.2 Å². The molecule has 0 amide bonds. The molecule has 1 fully saturated rings. The van der Waals surface area contributed by atoms with Gasteiger partial charge < -0.3 is 4.74 Å². The number of rotatable bonds is 2. The van der Waals surface area contributed by atoms with Crippen molar-refractivity contribution in [3.8, 4) is 5.75 Å².